The van der Waals surface area contributed by atoms with E-state index in [4.69, 9.17) is 19.4 Å². The molecule has 3 aromatic heterocycles. The van der Waals surface area contributed by atoms with Gasteiger partial charge in [0, 0.05) is 50.2 Å². The van der Waals surface area contributed by atoms with E-state index < -0.39 is 0 Å². The van der Waals surface area contributed by atoms with Crippen LogP contribution in [0, 0.1) is 0 Å². The maximum absolute atomic E-state index is 6.79. The molecule has 0 fully saturated rings. The highest BCUT2D eigenvalue weighted by Gasteiger charge is 2.24. The molecule has 0 atom stereocenters. The molecule has 0 spiro atoms. The molecule has 1 aliphatic rings. The fraction of sp³-hybridized carbons (Fsp3) is 0.0385. The Kier molecular flexibility index (Phi) is 7.88. The Morgan fingerprint density at radius 2 is 1.26 bits per heavy atom. The molecule has 0 N–H and O–H groups in total. The second kappa shape index (κ2) is 13.7. The van der Waals surface area contributed by atoms with Crippen LogP contribution in [0.5, 0.6) is 0 Å². The van der Waals surface area contributed by atoms with E-state index >= 15 is 0 Å². The largest absolute Gasteiger partial charge is 0.454 e. The van der Waals surface area contributed by atoms with Crippen LogP contribution in [-0.4, -0.2) is 20.7 Å². The zero-order valence-electron chi connectivity index (χ0n) is 30.9. The predicted molar refractivity (Wildman–Crippen MR) is 233 cm³/mol. The molecule has 4 heterocycles. The summed E-state index contributed by atoms with van der Waals surface area (Å²) in [4.78, 5) is 20.7. The Balaban J connectivity index is 1.14. The van der Waals surface area contributed by atoms with Gasteiger partial charge in [-0.25, -0.2) is 15.0 Å². The average Bonchev–Trinajstić information content (AvgIpc) is 3.63. The van der Waals surface area contributed by atoms with E-state index in [0.29, 0.717) is 5.82 Å². The van der Waals surface area contributed by atoms with Crippen molar-refractivity contribution in [2.45, 2.75) is 12.8 Å². The minimum atomic E-state index is 0.662. The van der Waals surface area contributed by atoms with Crippen molar-refractivity contribution in [3.05, 3.63) is 205 Å². The summed E-state index contributed by atoms with van der Waals surface area (Å²) in [6.45, 7) is 0. The van der Waals surface area contributed by atoms with Gasteiger partial charge >= 0.3 is 0 Å². The number of hydrogen-bond acceptors (Lipinski definition) is 5. The molecule has 1 aliphatic heterocycles. The molecule has 5 nitrogen and oxygen atoms in total. The van der Waals surface area contributed by atoms with Crippen molar-refractivity contribution in [2.24, 2.45) is 4.99 Å². The highest BCUT2D eigenvalue weighted by Crippen LogP contribution is 2.38. The maximum atomic E-state index is 6.79. The molecule has 10 aromatic rings. The second-order valence-corrected chi connectivity index (χ2v) is 14.5. The van der Waals surface area contributed by atoms with Gasteiger partial charge in [-0.2, -0.15) is 0 Å². The minimum Gasteiger partial charge on any atom is -0.454 e. The quantitative estimate of drug-likeness (QED) is 0.165. The van der Waals surface area contributed by atoms with Crippen LogP contribution in [-0.2, 0) is 6.42 Å². The molecule has 0 radical (unpaired) electrons. The van der Waals surface area contributed by atoms with E-state index in [2.05, 4.69) is 163 Å². The number of benzene rings is 7. The van der Waals surface area contributed by atoms with Gasteiger partial charge in [0.2, 0.25) is 0 Å². The number of fused-ring (bicyclic) bond motifs is 7. The predicted octanol–water partition coefficient (Wildman–Crippen LogP) is 12.9. The van der Waals surface area contributed by atoms with Gasteiger partial charge in [0.25, 0.3) is 0 Å². The van der Waals surface area contributed by atoms with Crippen LogP contribution in [0.25, 0.3) is 83.0 Å². The molecule has 57 heavy (non-hydrogen) atoms. The fourth-order valence-corrected chi connectivity index (χ4v) is 8.32. The van der Waals surface area contributed by atoms with Crippen LogP contribution >= 0.6 is 0 Å². The van der Waals surface area contributed by atoms with Gasteiger partial charge in [0.05, 0.1) is 22.4 Å². The molecule has 0 unspecified atom stereocenters. The lowest BCUT2D eigenvalue weighted by atomic mass is 9.93. The van der Waals surface area contributed by atoms with Crippen molar-refractivity contribution in [2.75, 3.05) is 0 Å². The number of furan rings is 1. The summed E-state index contributed by atoms with van der Waals surface area (Å²) in [6.07, 6.45) is 5.76. The van der Waals surface area contributed by atoms with Crippen LogP contribution in [0.2, 0.25) is 0 Å². The number of hydrogen-bond donors (Lipinski definition) is 0. The van der Waals surface area contributed by atoms with E-state index in [1.807, 2.05) is 24.4 Å². The number of nitrogens with zero attached hydrogens (tertiary/aromatic N) is 4. The molecule has 5 heteroatoms. The normalized spacial score (nSPS) is 13.0. The number of aryl methyl sites for hydroxylation is 1. The zero-order valence-corrected chi connectivity index (χ0v) is 30.9. The topological polar surface area (TPSA) is 64.2 Å². The lowest BCUT2D eigenvalue weighted by molar-refractivity contribution is 0.599. The van der Waals surface area contributed by atoms with E-state index in [1.54, 1.807) is 0 Å². The van der Waals surface area contributed by atoms with Crippen molar-refractivity contribution in [3.63, 3.8) is 0 Å². The number of aromatic nitrogens is 3. The summed E-state index contributed by atoms with van der Waals surface area (Å²) in [5.41, 5.74) is 12.7. The molecule has 0 saturated heterocycles. The smallest absolute Gasteiger partial charge is 0.160 e. The molecule has 0 bridgehead atoms. The number of rotatable bonds is 5. The first-order valence-corrected chi connectivity index (χ1v) is 19.4. The van der Waals surface area contributed by atoms with Gasteiger partial charge in [-0.05, 0) is 77.2 Å². The molecule has 7 aromatic carbocycles. The van der Waals surface area contributed by atoms with Crippen molar-refractivity contribution in [1.82, 2.24) is 15.0 Å². The third-order valence-electron chi connectivity index (χ3n) is 11.0. The lowest BCUT2D eigenvalue weighted by Crippen LogP contribution is -2.08. The summed E-state index contributed by atoms with van der Waals surface area (Å²) in [5, 5.41) is 5.43. The standard InChI is InChI=1S/C52H34N4O/c1-2-13-33(14-3-1)39-19-6-7-21-41(39)45-24-11-23-43-42-22-8-9-25-47(42)57-51(43)50(54-45)37-17-10-16-36(32-37)49-48-40-20-5-4-15-34(40)26-29-46(48)55-52(56-49)38-27-28-44-35(31-38)18-12-30-53-44/h1-10,12-22,24-32H,11,23H2. The zero-order chi connectivity index (χ0) is 37.7. The summed E-state index contributed by atoms with van der Waals surface area (Å²) in [7, 11) is 0. The maximum Gasteiger partial charge on any atom is 0.160 e. The van der Waals surface area contributed by atoms with Crippen molar-refractivity contribution in [1.29, 1.82) is 0 Å². The van der Waals surface area contributed by atoms with Crippen LogP contribution in [0.4, 0.5) is 0 Å². The first-order valence-electron chi connectivity index (χ1n) is 19.4. The summed E-state index contributed by atoms with van der Waals surface area (Å²) in [6, 6.07) is 59.0. The molecule has 11 rings (SSSR count). The third kappa shape index (κ3) is 5.80. The summed E-state index contributed by atoms with van der Waals surface area (Å²) < 4.78 is 6.79. The van der Waals surface area contributed by atoms with Gasteiger partial charge in [-0.15, -0.1) is 0 Å². The fourth-order valence-electron chi connectivity index (χ4n) is 8.32. The number of allylic oxidation sites excluding steroid dienone is 1. The van der Waals surface area contributed by atoms with Gasteiger partial charge in [-0.1, -0.05) is 133 Å². The monoisotopic (exact) mass is 730 g/mol. The lowest BCUT2D eigenvalue weighted by Gasteiger charge is -2.16. The highest BCUT2D eigenvalue weighted by atomic mass is 16.3. The third-order valence-corrected chi connectivity index (χ3v) is 11.0. The summed E-state index contributed by atoms with van der Waals surface area (Å²) in [5.74, 6) is 1.47. The van der Waals surface area contributed by atoms with Gasteiger partial charge < -0.3 is 4.42 Å². The Morgan fingerprint density at radius 1 is 0.509 bits per heavy atom. The van der Waals surface area contributed by atoms with Crippen LogP contribution in [0.3, 0.4) is 0 Å². The van der Waals surface area contributed by atoms with Crippen molar-refractivity contribution < 1.29 is 4.42 Å². The molecule has 0 amide bonds. The van der Waals surface area contributed by atoms with Crippen LogP contribution in [0.15, 0.2) is 192 Å². The van der Waals surface area contributed by atoms with Gasteiger partial charge in [0.1, 0.15) is 11.3 Å². The first kappa shape index (κ1) is 32.9. The minimum absolute atomic E-state index is 0.662. The molecule has 0 saturated carbocycles. The molecule has 268 valence electrons. The van der Waals surface area contributed by atoms with E-state index in [0.717, 1.165) is 113 Å². The molecule has 0 aliphatic carbocycles. The number of para-hydroxylation sites is 1. The van der Waals surface area contributed by atoms with Gasteiger partial charge in [-0.3, -0.25) is 4.98 Å². The molecular formula is C52H34N4O. The Bertz CT molecular complexity index is 3250. The van der Waals surface area contributed by atoms with E-state index in [1.165, 1.54) is 5.56 Å². The Morgan fingerprint density at radius 3 is 2.19 bits per heavy atom. The number of pyridine rings is 1. The molecular weight excluding hydrogens is 697 g/mol. The average molecular weight is 731 g/mol. The highest BCUT2D eigenvalue weighted by molar-refractivity contribution is 6.18. The van der Waals surface area contributed by atoms with E-state index in [9.17, 15) is 0 Å². The SMILES string of the molecule is C1=C(c2ccccc2-c2ccccc2)N=C(c2cccc(-c3nc(-c4ccc5ncccc5c4)nc4ccc5ccccc5c34)c2)c2oc3ccccc3c2CC1. The summed E-state index contributed by atoms with van der Waals surface area (Å²) >= 11 is 0. The first-order chi connectivity index (χ1) is 28.2. The Hall–Kier alpha value is -7.50. The van der Waals surface area contributed by atoms with Crippen molar-refractivity contribution >= 4 is 55.0 Å². The second-order valence-electron chi connectivity index (χ2n) is 14.5. The van der Waals surface area contributed by atoms with Crippen LogP contribution in [0.1, 0.15) is 28.9 Å². The Labute approximate surface area is 329 Å². The van der Waals surface area contributed by atoms with E-state index in [-0.39, 0.29) is 0 Å². The van der Waals surface area contributed by atoms with Crippen molar-refractivity contribution in [3.8, 4) is 33.8 Å². The van der Waals surface area contributed by atoms with Gasteiger partial charge in [0.15, 0.2) is 11.6 Å². The number of aliphatic imine (C=N–C) groups is 1. The van der Waals surface area contributed by atoms with Crippen LogP contribution < -0.4 is 0 Å².